The van der Waals surface area contributed by atoms with E-state index in [1.165, 1.54) is 41.6 Å². The number of nitrogens with two attached hydrogens (primary N) is 1. The predicted octanol–water partition coefficient (Wildman–Crippen LogP) is 1.49. The molecule has 0 unspecified atom stereocenters. The molecule has 3 aromatic heterocycles. The number of aryl methyl sites for hydroxylation is 1. The molecule has 0 aliphatic carbocycles. The van der Waals surface area contributed by atoms with E-state index in [4.69, 9.17) is 10.6 Å². The third kappa shape index (κ3) is 6.81. The van der Waals surface area contributed by atoms with E-state index in [9.17, 15) is 44.4 Å². The van der Waals surface area contributed by atoms with E-state index >= 15 is 0 Å². The molecule has 1 fully saturated rings. The van der Waals surface area contributed by atoms with Crippen LogP contribution in [0.5, 0.6) is 11.5 Å². The number of rotatable bonds is 12. The van der Waals surface area contributed by atoms with Crippen LogP contribution < -0.4 is 11.1 Å². The minimum Gasteiger partial charge on any atom is -0.504 e. The number of oxime groups is 1. The monoisotopic (exact) mass is 769 g/mol. The fourth-order valence-corrected chi connectivity index (χ4v) is 8.21. The van der Waals surface area contributed by atoms with Gasteiger partial charge < -0.3 is 36.3 Å². The number of thioether (sulfide) groups is 2. The smallest absolute Gasteiger partial charge is 0.375 e. The van der Waals surface area contributed by atoms with E-state index in [0.717, 1.165) is 40.1 Å². The average Bonchev–Trinajstić information content (AvgIpc) is 3.72. The Kier molecular flexibility index (Phi) is 9.55. The fraction of sp³-hybridized carbons (Fsp3) is 0.267. The number of carboxylic acids is 2. The van der Waals surface area contributed by atoms with Gasteiger partial charge in [-0.1, -0.05) is 5.16 Å². The number of nitrogens with one attached hydrogen (secondary N) is 1. The van der Waals surface area contributed by atoms with Gasteiger partial charge in [0.05, 0.1) is 0 Å². The number of fused-ring (bicyclic) bond motifs is 2. The zero-order valence-electron chi connectivity index (χ0n) is 27.1. The van der Waals surface area contributed by atoms with Crippen molar-refractivity contribution in [1.29, 1.82) is 0 Å². The van der Waals surface area contributed by atoms with Crippen molar-refractivity contribution >= 4 is 81.0 Å². The van der Waals surface area contributed by atoms with Crippen molar-refractivity contribution in [2.45, 2.75) is 42.8 Å². The average molecular weight is 770 g/mol. The number of carbonyl (C=O) groups is 5. The number of amides is 2. The highest BCUT2D eigenvalue weighted by atomic mass is 32.2. The highest BCUT2D eigenvalue weighted by Crippen LogP contribution is 2.42. The molecule has 0 saturated carbocycles. The molecule has 52 heavy (non-hydrogen) atoms. The summed E-state index contributed by atoms with van der Waals surface area (Å²) in [6.45, 7) is 4.42. The molecule has 5 heterocycles. The van der Waals surface area contributed by atoms with Crippen LogP contribution in [0.25, 0.3) is 5.78 Å². The second-order valence-electron chi connectivity index (χ2n) is 11.7. The van der Waals surface area contributed by atoms with E-state index in [1.54, 1.807) is 13.0 Å². The van der Waals surface area contributed by atoms with Crippen LogP contribution in [0.15, 0.2) is 51.1 Å². The summed E-state index contributed by atoms with van der Waals surface area (Å²) < 4.78 is 1.25. The molecule has 7 N–H and O–H groups in total. The molecule has 6 rings (SSSR count). The van der Waals surface area contributed by atoms with Crippen molar-refractivity contribution in [3.63, 3.8) is 0 Å². The van der Waals surface area contributed by atoms with Gasteiger partial charge in [0.15, 0.2) is 27.9 Å². The van der Waals surface area contributed by atoms with Crippen LogP contribution in [0.4, 0.5) is 5.13 Å². The first-order valence-electron chi connectivity index (χ1n) is 14.9. The first-order valence-corrected chi connectivity index (χ1v) is 17.8. The Morgan fingerprint density at radius 2 is 1.87 bits per heavy atom. The van der Waals surface area contributed by atoms with Crippen molar-refractivity contribution in [3.8, 4) is 11.5 Å². The Morgan fingerprint density at radius 1 is 1.12 bits per heavy atom. The number of aromatic carboxylic acids is 1. The van der Waals surface area contributed by atoms with Crippen LogP contribution in [0.1, 0.15) is 46.2 Å². The number of thiazole rings is 1. The van der Waals surface area contributed by atoms with Crippen LogP contribution in [0.2, 0.25) is 0 Å². The Morgan fingerprint density at radius 3 is 2.52 bits per heavy atom. The number of aromatic nitrogens is 5. The zero-order valence-corrected chi connectivity index (χ0v) is 29.6. The third-order valence-corrected chi connectivity index (χ3v) is 10.8. The third-order valence-electron chi connectivity index (χ3n) is 7.66. The quantitative estimate of drug-likeness (QED) is 0.0226. The number of aromatic hydroxyl groups is 2. The molecule has 2 amide bonds. The van der Waals surface area contributed by atoms with E-state index in [1.807, 2.05) is 0 Å². The maximum atomic E-state index is 13.6. The van der Waals surface area contributed by atoms with E-state index in [2.05, 4.69) is 30.5 Å². The highest BCUT2D eigenvalue weighted by molar-refractivity contribution is 8.01. The predicted molar refractivity (Wildman–Crippen MR) is 185 cm³/mol. The number of phenolic OH excluding ortho intramolecular Hbond substituents is 2. The number of benzene rings is 1. The van der Waals surface area contributed by atoms with Crippen LogP contribution >= 0.6 is 34.9 Å². The van der Waals surface area contributed by atoms with Crippen LogP contribution in [-0.4, -0.2) is 114 Å². The Labute approximate surface area is 304 Å². The van der Waals surface area contributed by atoms with Gasteiger partial charge in [-0.15, -0.1) is 40.0 Å². The van der Waals surface area contributed by atoms with Crippen molar-refractivity contribution in [2.24, 2.45) is 5.16 Å². The largest absolute Gasteiger partial charge is 0.504 e. The molecule has 1 aromatic carbocycles. The molecule has 0 spiro atoms. The SMILES string of the molecule is Cc1cc(SCC2=C(C(=O)O)N3C(=O)[C@@H](NC(=O)/C(=N\OC(C)(C)C(=O)c4ccc(O)c(O)c4)c4csc(N)n4)[C@H]3SC2)n2nc(C(=O)O)nc2n1. The lowest BCUT2D eigenvalue weighted by molar-refractivity contribution is -0.150. The number of carboxylic acid groups (broad SMARTS) is 2. The molecule has 0 bridgehead atoms. The number of hydrogen-bond acceptors (Lipinski definition) is 17. The lowest BCUT2D eigenvalue weighted by Gasteiger charge is -2.49. The second-order valence-corrected chi connectivity index (χ2v) is 14.7. The van der Waals surface area contributed by atoms with Crippen molar-refractivity contribution < 1.29 is 49.2 Å². The molecule has 19 nitrogen and oxygen atoms in total. The Hall–Kier alpha value is -5.74. The lowest BCUT2D eigenvalue weighted by Crippen LogP contribution is -2.71. The minimum atomic E-state index is -1.69. The van der Waals surface area contributed by atoms with Crippen LogP contribution in [0, 0.1) is 6.92 Å². The number of nitrogen functional groups attached to an aromatic ring is 1. The number of phenols is 2. The van der Waals surface area contributed by atoms with Crippen LogP contribution in [0.3, 0.4) is 0 Å². The highest BCUT2D eigenvalue weighted by Gasteiger charge is 2.54. The molecule has 0 radical (unpaired) electrons. The van der Waals surface area contributed by atoms with Crippen LogP contribution in [-0.2, 0) is 19.2 Å². The Bertz CT molecular complexity index is 2250. The number of nitrogens with zero attached hydrogens (tertiary/aromatic N) is 7. The van der Waals surface area contributed by atoms with Gasteiger partial charge in [-0.05, 0) is 50.6 Å². The lowest BCUT2D eigenvalue weighted by atomic mass is 9.96. The summed E-state index contributed by atoms with van der Waals surface area (Å²) in [5.41, 5.74) is 4.33. The summed E-state index contributed by atoms with van der Waals surface area (Å²) >= 11 is 3.38. The van der Waals surface area contributed by atoms with E-state index in [-0.39, 0.29) is 39.4 Å². The topological polar surface area (TPSA) is 285 Å². The Balaban J connectivity index is 1.20. The summed E-state index contributed by atoms with van der Waals surface area (Å²) in [7, 11) is 0. The van der Waals surface area contributed by atoms with Gasteiger partial charge in [-0.25, -0.2) is 19.6 Å². The van der Waals surface area contributed by atoms with Gasteiger partial charge in [-0.3, -0.25) is 19.3 Å². The van der Waals surface area contributed by atoms with Crippen molar-refractivity contribution in [2.75, 3.05) is 17.2 Å². The number of carbonyl (C=O) groups excluding carboxylic acids is 3. The number of β-lactam (4-membered cyclic amide) rings is 1. The molecule has 1 saturated heterocycles. The van der Waals surface area contributed by atoms with Crippen molar-refractivity contribution in [1.82, 2.24) is 34.8 Å². The van der Waals surface area contributed by atoms with Gasteiger partial charge in [0, 0.05) is 28.1 Å². The summed E-state index contributed by atoms with van der Waals surface area (Å²) in [6.07, 6.45) is 0. The molecular weight excluding hydrogens is 743 g/mol. The molecule has 22 heteroatoms. The van der Waals surface area contributed by atoms with Gasteiger partial charge in [0.2, 0.25) is 5.78 Å². The number of Topliss-reactive ketones (excluding diaryl/α,β-unsaturated/α-hetero) is 1. The van der Waals surface area contributed by atoms with Gasteiger partial charge >= 0.3 is 11.9 Å². The minimum absolute atomic E-state index is 0.0103. The number of anilines is 1. The molecule has 2 aliphatic rings. The van der Waals surface area contributed by atoms with Gasteiger partial charge in [0.1, 0.15) is 27.8 Å². The van der Waals surface area contributed by atoms with E-state index in [0.29, 0.717) is 16.3 Å². The molecule has 4 aromatic rings. The zero-order chi connectivity index (χ0) is 37.6. The summed E-state index contributed by atoms with van der Waals surface area (Å²) in [6, 6.07) is 3.93. The summed E-state index contributed by atoms with van der Waals surface area (Å²) in [5, 5.41) is 50.5. The standard InChI is InChI=1S/C30H27N9O10S3/c1-11-6-17(39-29(32-11)35-22(36-39)27(47)48)50-8-13-9-51-25-19(24(44)38(25)20(13)26(45)46)34-23(43)18(14-10-52-28(31)33-14)37-49-30(2,3)21(42)12-4-5-15(40)16(41)7-12/h4-7,10,19,25,40-41H,8-9H2,1-3H3,(H2,31,33)(H,34,43)(H,45,46)(H,47,48)/b37-18-/t19-,25-/m1/s1. The molecule has 2 aliphatic heterocycles. The normalized spacial score (nSPS) is 17.5. The molecule has 270 valence electrons. The van der Waals surface area contributed by atoms with Gasteiger partial charge in [-0.2, -0.15) is 9.50 Å². The maximum absolute atomic E-state index is 13.6. The first kappa shape index (κ1) is 36.1. The number of aliphatic carboxylic acids is 1. The van der Waals surface area contributed by atoms with Crippen molar-refractivity contribution in [3.05, 3.63) is 63.7 Å². The molecular formula is C30H27N9O10S3. The summed E-state index contributed by atoms with van der Waals surface area (Å²) in [5.74, 6) is -6.03. The number of hydrogen-bond donors (Lipinski definition) is 6. The summed E-state index contributed by atoms with van der Waals surface area (Å²) in [4.78, 5) is 82.9. The second kappa shape index (κ2) is 13.8. The fourth-order valence-electron chi connectivity index (χ4n) is 5.13. The number of ketones is 1. The van der Waals surface area contributed by atoms with Gasteiger partial charge in [0.25, 0.3) is 23.4 Å². The maximum Gasteiger partial charge on any atom is 0.375 e. The molecule has 2 atom stereocenters. The van der Waals surface area contributed by atoms with E-state index < -0.39 is 69.6 Å². The first-order chi connectivity index (χ1) is 24.5.